The zero-order valence-corrected chi connectivity index (χ0v) is 14.0. The highest BCUT2D eigenvalue weighted by atomic mass is 35.5. The van der Waals surface area contributed by atoms with Gasteiger partial charge in [-0.05, 0) is 12.1 Å². The van der Waals surface area contributed by atoms with Crippen LogP contribution in [0.25, 0.3) is 5.69 Å². The number of allylic oxidation sites excluding steroid dienone is 2. The van der Waals surface area contributed by atoms with Crippen LogP contribution in [0.1, 0.15) is 11.4 Å². The van der Waals surface area contributed by atoms with E-state index in [-0.39, 0.29) is 27.3 Å². The Hall–Kier alpha value is -3.08. The first-order chi connectivity index (χ1) is 12.2. The molecular weight excluding hydrogens is 394 g/mol. The summed E-state index contributed by atoms with van der Waals surface area (Å²) >= 11 is 11.8. The summed E-state index contributed by atoms with van der Waals surface area (Å²) in [4.78, 5) is 7.52. The number of aromatic nitrogens is 3. The van der Waals surface area contributed by atoms with E-state index in [4.69, 9.17) is 39.5 Å². The molecule has 0 radical (unpaired) electrons. The third-order valence-electron chi connectivity index (χ3n) is 2.87. The van der Waals surface area contributed by atoms with Crippen LogP contribution in [-0.4, -0.2) is 21.0 Å². The Labute approximate surface area is 154 Å². The molecule has 1 aromatic heterocycles. The fraction of sp³-hybridized carbons (Fsp3) is 0.0714. The average molecular weight is 400 g/mol. The Morgan fingerprint density at radius 2 is 1.85 bits per heavy atom. The number of nitrogens with zero attached hydrogens (tertiary/aromatic N) is 6. The van der Waals surface area contributed by atoms with E-state index in [1.807, 2.05) is 0 Å². The quantitative estimate of drug-likeness (QED) is 0.627. The van der Waals surface area contributed by atoms with Crippen LogP contribution in [0.3, 0.4) is 0 Å². The maximum Gasteiger partial charge on any atom is 0.416 e. The van der Waals surface area contributed by atoms with E-state index in [1.54, 1.807) is 12.1 Å². The van der Waals surface area contributed by atoms with Gasteiger partial charge in [-0.15, -0.1) is 5.10 Å². The van der Waals surface area contributed by atoms with Crippen molar-refractivity contribution in [3.63, 3.8) is 0 Å². The van der Waals surface area contributed by atoms with Crippen LogP contribution in [0.15, 0.2) is 34.8 Å². The van der Waals surface area contributed by atoms with Crippen molar-refractivity contribution in [2.45, 2.75) is 6.18 Å². The van der Waals surface area contributed by atoms with Crippen molar-refractivity contribution in [1.29, 1.82) is 10.5 Å². The van der Waals surface area contributed by atoms with Crippen molar-refractivity contribution in [2.75, 3.05) is 0 Å². The topological polar surface area (TPSA) is 117 Å². The molecule has 0 saturated carbocycles. The second-order valence-electron chi connectivity index (χ2n) is 4.58. The molecule has 0 atom stereocenters. The first kappa shape index (κ1) is 19.2. The summed E-state index contributed by atoms with van der Waals surface area (Å²) in [5.74, 6) is -0.0180. The third-order valence-corrected chi connectivity index (χ3v) is 3.45. The first-order valence-electron chi connectivity index (χ1n) is 6.49. The lowest BCUT2D eigenvalue weighted by atomic mass is 10.2. The van der Waals surface area contributed by atoms with E-state index < -0.39 is 17.4 Å². The Morgan fingerprint density at radius 3 is 2.35 bits per heavy atom. The van der Waals surface area contributed by atoms with E-state index in [9.17, 15) is 13.2 Å². The normalized spacial score (nSPS) is 12.6. The number of alkyl halides is 3. The summed E-state index contributed by atoms with van der Waals surface area (Å²) in [5, 5.41) is 20.8. The molecule has 1 heterocycles. The highest BCUT2D eigenvalue weighted by Crippen LogP contribution is 2.37. The third kappa shape index (κ3) is 4.11. The van der Waals surface area contributed by atoms with Crippen molar-refractivity contribution >= 4 is 29.4 Å². The number of benzene rings is 1. The number of hydrogen-bond donors (Lipinski definition) is 1. The van der Waals surface area contributed by atoms with Gasteiger partial charge in [0.25, 0.3) is 0 Å². The minimum Gasteiger partial charge on any atom is -0.388 e. The van der Waals surface area contributed by atoms with Gasteiger partial charge in [-0.25, -0.2) is 14.7 Å². The molecular formula is C14H6Cl2F3N7. The summed E-state index contributed by atoms with van der Waals surface area (Å²) in [7, 11) is 0. The van der Waals surface area contributed by atoms with Crippen LogP contribution in [-0.2, 0) is 6.18 Å². The summed E-state index contributed by atoms with van der Waals surface area (Å²) in [6.45, 7) is 0. The van der Waals surface area contributed by atoms with E-state index in [0.717, 1.165) is 17.2 Å². The van der Waals surface area contributed by atoms with Crippen LogP contribution in [0.2, 0.25) is 10.0 Å². The zero-order chi connectivity index (χ0) is 19.5. The Morgan fingerprint density at radius 1 is 1.23 bits per heavy atom. The fourth-order valence-electron chi connectivity index (χ4n) is 1.72. The van der Waals surface area contributed by atoms with Crippen molar-refractivity contribution in [1.82, 2.24) is 14.8 Å². The van der Waals surface area contributed by atoms with Gasteiger partial charge in [0.05, 0.1) is 21.8 Å². The largest absolute Gasteiger partial charge is 0.416 e. The predicted molar refractivity (Wildman–Crippen MR) is 86.4 cm³/mol. The summed E-state index contributed by atoms with van der Waals surface area (Å²) in [6, 6.07) is 4.61. The molecule has 132 valence electrons. The molecule has 2 aromatic rings. The predicted octanol–water partition coefficient (Wildman–Crippen LogP) is 3.23. The van der Waals surface area contributed by atoms with Crippen LogP contribution in [0.5, 0.6) is 0 Å². The number of aliphatic imine (C=N–C) groups is 1. The lowest BCUT2D eigenvalue weighted by Crippen LogP contribution is -2.07. The lowest BCUT2D eigenvalue weighted by molar-refractivity contribution is -0.137. The molecule has 1 aromatic carbocycles. The van der Waals surface area contributed by atoms with Crippen LogP contribution >= 0.6 is 23.2 Å². The van der Waals surface area contributed by atoms with Crippen molar-refractivity contribution in [3.05, 3.63) is 51.3 Å². The fourth-order valence-corrected chi connectivity index (χ4v) is 2.38. The molecule has 0 bridgehead atoms. The standard InChI is InChI=1S/C14H6Cl2F3N7/c15-8-1-7(14(17,18)19)2-9(16)13(8)26-6-24-12(25-26)5-23-11(4-21)10(22)3-20/h1-2,5-6H,22H2/b11-10-,23-5?. The number of nitrogens with two attached hydrogens (primary N) is 1. The molecule has 0 aliphatic rings. The molecule has 2 rings (SSSR count). The molecule has 0 amide bonds. The Bertz CT molecular complexity index is 970. The Balaban J connectivity index is 2.40. The smallest absolute Gasteiger partial charge is 0.388 e. The van der Waals surface area contributed by atoms with Crippen LogP contribution in [0, 0.1) is 22.7 Å². The van der Waals surface area contributed by atoms with Gasteiger partial charge in [-0.2, -0.15) is 23.7 Å². The van der Waals surface area contributed by atoms with Gasteiger partial charge in [0.1, 0.15) is 29.9 Å². The van der Waals surface area contributed by atoms with Gasteiger partial charge in [0.15, 0.2) is 11.5 Å². The number of hydrogen-bond acceptors (Lipinski definition) is 6. The van der Waals surface area contributed by atoms with Gasteiger partial charge >= 0.3 is 6.18 Å². The monoisotopic (exact) mass is 399 g/mol. The van der Waals surface area contributed by atoms with E-state index >= 15 is 0 Å². The first-order valence-corrected chi connectivity index (χ1v) is 7.25. The number of rotatable bonds is 3. The average Bonchev–Trinajstić information content (AvgIpc) is 3.02. The molecule has 0 saturated heterocycles. The summed E-state index contributed by atoms with van der Waals surface area (Å²) < 4.78 is 39.3. The molecule has 0 aliphatic heterocycles. The maximum absolute atomic E-state index is 12.8. The lowest BCUT2D eigenvalue weighted by Gasteiger charge is -2.11. The van der Waals surface area contributed by atoms with Crippen molar-refractivity contribution < 1.29 is 13.2 Å². The maximum atomic E-state index is 12.8. The molecule has 12 heteroatoms. The van der Waals surface area contributed by atoms with Crippen LogP contribution in [0.4, 0.5) is 13.2 Å². The second kappa shape index (κ2) is 7.44. The Kier molecular flexibility index (Phi) is 5.50. The molecule has 26 heavy (non-hydrogen) atoms. The van der Waals surface area contributed by atoms with Crippen LogP contribution < -0.4 is 5.73 Å². The zero-order valence-electron chi connectivity index (χ0n) is 12.5. The molecule has 0 spiro atoms. The second-order valence-corrected chi connectivity index (χ2v) is 5.39. The SMILES string of the molecule is N#C/C(N)=C(\C#N)N=Cc1ncn(-c2c(Cl)cc(C(F)(F)F)cc2Cl)n1. The highest BCUT2D eigenvalue weighted by Gasteiger charge is 2.32. The van der Waals surface area contributed by atoms with E-state index in [2.05, 4.69) is 15.1 Å². The molecule has 0 unspecified atom stereocenters. The number of halogens is 5. The number of nitriles is 2. The van der Waals surface area contributed by atoms with Crippen molar-refractivity contribution in [3.8, 4) is 17.8 Å². The highest BCUT2D eigenvalue weighted by molar-refractivity contribution is 6.37. The van der Waals surface area contributed by atoms with Crippen molar-refractivity contribution in [2.24, 2.45) is 10.7 Å². The minimum atomic E-state index is -4.60. The molecule has 0 fully saturated rings. The van der Waals surface area contributed by atoms with E-state index in [1.165, 1.54) is 0 Å². The molecule has 2 N–H and O–H groups in total. The van der Waals surface area contributed by atoms with Gasteiger partial charge in [-0.3, -0.25) is 0 Å². The van der Waals surface area contributed by atoms with E-state index in [0.29, 0.717) is 12.1 Å². The molecule has 7 nitrogen and oxygen atoms in total. The van der Waals surface area contributed by atoms with Gasteiger partial charge in [0.2, 0.25) is 0 Å². The molecule has 0 aliphatic carbocycles. The minimum absolute atomic E-state index is 0.0129. The summed E-state index contributed by atoms with van der Waals surface area (Å²) in [5.41, 5.74) is 3.54. The van der Waals surface area contributed by atoms with Gasteiger partial charge in [0, 0.05) is 0 Å². The van der Waals surface area contributed by atoms with Gasteiger partial charge < -0.3 is 5.73 Å². The summed E-state index contributed by atoms with van der Waals surface area (Å²) in [6.07, 6.45) is -2.41. The van der Waals surface area contributed by atoms with Gasteiger partial charge in [-0.1, -0.05) is 23.2 Å².